The summed E-state index contributed by atoms with van der Waals surface area (Å²) in [5.74, 6) is 2.49. The first-order valence-electron chi connectivity index (χ1n) is 7.69. The van der Waals surface area contributed by atoms with Gasteiger partial charge in [0.1, 0.15) is 0 Å². The first-order chi connectivity index (χ1) is 10.7. The Morgan fingerprint density at radius 2 is 2.32 bits per heavy atom. The summed E-state index contributed by atoms with van der Waals surface area (Å²) in [7, 11) is 1.68. The molecule has 1 aromatic carbocycles. The van der Waals surface area contributed by atoms with Gasteiger partial charge in [0.25, 0.3) is 0 Å². The summed E-state index contributed by atoms with van der Waals surface area (Å²) in [6, 6.07) is 2.37. The van der Waals surface area contributed by atoms with Crippen molar-refractivity contribution in [1.29, 1.82) is 0 Å². The number of carbonyl (C=O) groups is 1. The Morgan fingerprint density at radius 1 is 1.41 bits per heavy atom. The second-order valence-corrected chi connectivity index (χ2v) is 6.45. The highest BCUT2D eigenvalue weighted by atomic mass is 16.7. The molecule has 0 radical (unpaired) electrons. The summed E-state index contributed by atoms with van der Waals surface area (Å²) in [5, 5.41) is 0. The van der Waals surface area contributed by atoms with Crippen LogP contribution in [0.2, 0.25) is 0 Å². The number of hydrogen-bond donors (Lipinski definition) is 0. The number of allylic oxidation sites excluding steroid dienone is 1. The summed E-state index contributed by atoms with van der Waals surface area (Å²) in [6.45, 7) is 2.05. The number of nitrogens with zero attached hydrogens (tertiary/aromatic N) is 1. The molecule has 4 aliphatic rings. The molecule has 1 saturated heterocycles. The standard InChI is InChI=1S/C17H17NO4/c1-20-15-11-8-18-5-4-17(3-2-10(19)6-14(17)18)12(11)7-13-16(15)22-9-21-13/h2-3,7,14H,4-6,8-9H2,1H3/t14-,17-/m1/s1. The normalized spacial score (nSPS) is 33.6. The third-order valence-electron chi connectivity index (χ3n) is 5.60. The topological polar surface area (TPSA) is 48.0 Å². The number of benzene rings is 1. The minimum Gasteiger partial charge on any atom is -0.492 e. The van der Waals surface area contributed by atoms with E-state index in [1.54, 1.807) is 13.2 Å². The number of rotatable bonds is 1. The van der Waals surface area contributed by atoms with E-state index in [1.807, 2.05) is 0 Å². The fraction of sp³-hybridized carbons (Fsp3) is 0.471. The lowest BCUT2D eigenvalue weighted by Crippen LogP contribution is -2.48. The molecule has 5 nitrogen and oxygen atoms in total. The van der Waals surface area contributed by atoms with Crippen molar-refractivity contribution in [2.75, 3.05) is 20.4 Å². The fourth-order valence-corrected chi connectivity index (χ4v) is 4.62. The zero-order chi connectivity index (χ0) is 14.9. The van der Waals surface area contributed by atoms with Crippen molar-refractivity contribution in [3.05, 3.63) is 29.3 Å². The van der Waals surface area contributed by atoms with Crippen molar-refractivity contribution in [1.82, 2.24) is 4.90 Å². The number of fused-ring (bicyclic) bond motifs is 2. The molecule has 22 heavy (non-hydrogen) atoms. The van der Waals surface area contributed by atoms with Crippen molar-refractivity contribution < 1.29 is 19.0 Å². The van der Waals surface area contributed by atoms with Gasteiger partial charge in [-0.2, -0.15) is 0 Å². The minimum absolute atomic E-state index is 0.0875. The number of ketones is 1. The van der Waals surface area contributed by atoms with Gasteiger partial charge in [0.2, 0.25) is 12.5 Å². The fourth-order valence-electron chi connectivity index (χ4n) is 4.62. The smallest absolute Gasteiger partial charge is 0.231 e. The molecule has 1 aromatic rings. The van der Waals surface area contributed by atoms with Crippen molar-refractivity contribution in [2.24, 2.45) is 0 Å². The molecule has 1 unspecified atom stereocenters. The van der Waals surface area contributed by atoms with Crippen LogP contribution in [0.5, 0.6) is 17.2 Å². The van der Waals surface area contributed by atoms with E-state index >= 15 is 0 Å². The van der Waals surface area contributed by atoms with Gasteiger partial charge in [-0.15, -0.1) is 0 Å². The summed E-state index contributed by atoms with van der Waals surface area (Å²) >= 11 is 0. The van der Waals surface area contributed by atoms with Crippen LogP contribution in [-0.4, -0.2) is 37.2 Å². The van der Waals surface area contributed by atoms with Crippen LogP contribution in [0.4, 0.5) is 0 Å². The van der Waals surface area contributed by atoms with Crippen LogP contribution < -0.4 is 14.2 Å². The van der Waals surface area contributed by atoms with E-state index in [1.165, 1.54) is 11.1 Å². The molecule has 3 heterocycles. The summed E-state index contributed by atoms with van der Waals surface area (Å²) in [5.41, 5.74) is 2.34. The second kappa shape index (κ2) is 4.04. The van der Waals surface area contributed by atoms with E-state index in [-0.39, 0.29) is 24.0 Å². The van der Waals surface area contributed by atoms with E-state index in [9.17, 15) is 4.79 Å². The average molecular weight is 299 g/mol. The Kier molecular flexibility index (Phi) is 2.30. The number of ether oxygens (including phenoxy) is 3. The molecule has 0 amide bonds. The highest BCUT2D eigenvalue weighted by molar-refractivity contribution is 5.92. The van der Waals surface area contributed by atoms with Gasteiger partial charge < -0.3 is 14.2 Å². The lowest BCUT2D eigenvalue weighted by Gasteiger charge is -2.44. The summed E-state index contributed by atoms with van der Waals surface area (Å²) in [6.07, 6.45) is 5.51. The third kappa shape index (κ3) is 1.35. The number of hydrogen-bond acceptors (Lipinski definition) is 5. The van der Waals surface area contributed by atoms with E-state index in [0.29, 0.717) is 12.2 Å². The molecular weight excluding hydrogens is 282 g/mol. The van der Waals surface area contributed by atoms with E-state index in [4.69, 9.17) is 14.2 Å². The minimum atomic E-state index is -0.0875. The van der Waals surface area contributed by atoms with Crippen LogP contribution in [0.25, 0.3) is 0 Å². The Bertz CT molecular complexity index is 726. The third-order valence-corrected chi connectivity index (χ3v) is 5.60. The van der Waals surface area contributed by atoms with Gasteiger partial charge in [-0.1, -0.05) is 6.08 Å². The van der Waals surface area contributed by atoms with Crippen molar-refractivity contribution in [2.45, 2.75) is 30.8 Å². The van der Waals surface area contributed by atoms with E-state index in [2.05, 4.69) is 17.0 Å². The zero-order valence-electron chi connectivity index (χ0n) is 12.4. The summed E-state index contributed by atoms with van der Waals surface area (Å²) in [4.78, 5) is 14.3. The Labute approximate surface area is 128 Å². The van der Waals surface area contributed by atoms with Crippen molar-refractivity contribution in [3.8, 4) is 17.2 Å². The van der Waals surface area contributed by atoms with Crippen LogP contribution in [0.15, 0.2) is 18.2 Å². The van der Waals surface area contributed by atoms with Gasteiger partial charge >= 0.3 is 0 Å². The second-order valence-electron chi connectivity index (χ2n) is 6.45. The molecule has 5 heteroatoms. The Hall–Kier alpha value is -2.01. The maximum absolute atomic E-state index is 11.9. The SMILES string of the molecule is COc1c2c(cc3c1OCO3)[C@]13C=CC(=O)C[C@H]1N(CC3)C2. The van der Waals surface area contributed by atoms with Crippen LogP contribution in [-0.2, 0) is 16.8 Å². The Balaban J connectivity index is 1.79. The predicted octanol–water partition coefficient (Wildman–Crippen LogP) is 1.78. The molecule has 0 aromatic heterocycles. The van der Waals surface area contributed by atoms with Gasteiger partial charge in [-0.25, -0.2) is 0 Å². The first-order valence-corrected chi connectivity index (χ1v) is 7.69. The zero-order valence-corrected chi connectivity index (χ0v) is 12.4. The molecule has 0 saturated carbocycles. The molecule has 114 valence electrons. The van der Waals surface area contributed by atoms with Gasteiger partial charge in [0.05, 0.1) is 7.11 Å². The van der Waals surface area contributed by atoms with Crippen LogP contribution >= 0.6 is 0 Å². The molecule has 3 aliphatic heterocycles. The molecule has 1 fully saturated rings. The van der Waals surface area contributed by atoms with Crippen molar-refractivity contribution >= 4 is 5.78 Å². The maximum Gasteiger partial charge on any atom is 0.231 e. The van der Waals surface area contributed by atoms with Crippen molar-refractivity contribution in [3.63, 3.8) is 0 Å². The highest BCUT2D eigenvalue weighted by Gasteiger charge is 2.54. The average Bonchev–Trinajstić information content (AvgIpc) is 3.08. The largest absolute Gasteiger partial charge is 0.492 e. The van der Waals surface area contributed by atoms with Crippen LogP contribution in [0.3, 0.4) is 0 Å². The predicted molar refractivity (Wildman–Crippen MR) is 78.4 cm³/mol. The molecule has 0 spiro atoms. The molecule has 0 N–H and O–H groups in total. The quantitative estimate of drug-likeness (QED) is 0.791. The Morgan fingerprint density at radius 3 is 3.18 bits per heavy atom. The maximum atomic E-state index is 11.9. The molecule has 1 aliphatic carbocycles. The molecule has 3 atom stereocenters. The van der Waals surface area contributed by atoms with E-state index in [0.717, 1.165) is 31.0 Å². The molecule has 5 rings (SSSR count). The van der Waals surface area contributed by atoms with Gasteiger partial charge in [0, 0.05) is 36.5 Å². The highest BCUT2D eigenvalue weighted by Crippen LogP contribution is 2.56. The van der Waals surface area contributed by atoms with Crippen LogP contribution in [0.1, 0.15) is 24.0 Å². The van der Waals surface area contributed by atoms with Crippen LogP contribution in [0, 0.1) is 0 Å². The van der Waals surface area contributed by atoms with E-state index < -0.39 is 0 Å². The molecular formula is C17H17NO4. The lowest BCUT2D eigenvalue weighted by molar-refractivity contribution is -0.116. The molecule has 2 bridgehead atoms. The monoisotopic (exact) mass is 299 g/mol. The summed E-state index contributed by atoms with van der Waals surface area (Å²) < 4.78 is 16.8. The number of carbonyl (C=O) groups excluding carboxylic acids is 1. The lowest BCUT2D eigenvalue weighted by atomic mass is 9.66. The first kappa shape index (κ1) is 12.5. The van der Waals surface area contributed by atoms with Gasteiger partial charge in [0.15, 0.2) is 17.3 Å². The van der Waals surface area contributed by atoms with Gasteiger partial charge in [-0.05, 0) is 24.1 Å². The van der Waals surface area contributed by atoms with Gasteiger partial charge in [-0.3, -0.25) is 9.69 Å². The number of methoxy groups -OCH3 is 1.